The van der Waals surface area contributed by atoms with E-state index in [0.717, 1.165) is 49.5 Å². The molecule has 158 valence electrons. The second kappa shape index (κ2) is 10.7. The fraction of sp³-hybridized carbons (Fsp3) is 0.760. The molecular formula is C25H37F3. The molecule has 2 saturated carbocycles. The summed E-state index contributed by atoms with van der Waals surface area (Å²) >= 11 is 0. The van der Waals surface area contributed by atoms with Crippen LogP contribution < -0.4 is 0 Å². The average Bonchev–Trinajstić information content (AvgIpc) is 2.72. The first-order chi connectivity index (χ1) is 13.6. The lowest BCUT2D eigenvalue weighted by molar-refractivity contribution is 0.221. The summed E-state index contributed by atoms with van der Waals surface area (Å²) in [6.45, 7) is 2.28. The number of halogens is 3. The van der Waals surface area contributed by atoms with Crippen molar-refractivity contribution in [3.63, 3.8) is 0 Å². The second-order valence-electron chi connectivity index (χ2n) is 9.44. The van der Waals surface area contributed by atoms with Crippen LogP contribution in [-0.4, -0.2) is 0 Å². The van der Waals surface area contributed by atoms with Gasteiger partial charge in [-0.3, -0.25) is 0 Å². The predicted molar refractivity (Wildman–Crippen MR) is 110 cm³/mol. The molecule has 0 heterocycles. The maximum Gasteiger partial charge on any atom is 0.194 e. The molecule has 1 aromatic rings. The zero-order chi connectivity index (χ0) is 19.9. The van der Waals surface area contributed by atoms with E-state index >= 15 is 0 Å². The Kier molecular flexibility index (Phi) is 8.29. The van der Waals surface area contributed by atoms with Gasteiger partial charge in [-0.15, -0.1) is 0 Å². The van der Waals surface area contributed by atoms with Crippen molar-refractivity contribution < 1.29 is 13.2 Å². The molecule has 3 heteroatoms. The molecule has 1 aromatic carbocycles. The van der Waals surface area contributed by atoms with Crippen LogP contribution in [0, 0.1) is 35.2 Å². The maximum absolute atomic E-state index is 14.0. The van der Waals surface area contributed by atoms with Crippen LogP contribution in [0.1, 0.15) is 108 Å². The van der Waals surface area contributed by atoms with Crippen molar-refractivity contribution in [3.05, 3.63) is 35.1 Å². The van der Waals surface area contributed by atoms with Crippen molar-refractivity contribution in [1.29, 1.82) is 0 Å². The molecule has 2 fully saturated rings. The molecule has 0 nitrogen and oxygen atoms in total. The van der Waals surface area contributed by atoms with Gasteiger partial charge >= 0.3 is 0 Å². The van der Waals surface area contributed by atoms with Gasteiger partial charge < -0.3 is 0 Å². The largest absolute Gasteiger partial charge is 0.204 e. The first-order valence-corrected chi connectivity index (χ1v) is 11.7. The van der Waals surface area contributed by atoms with Crippen LogP contribution >= 0.6 is 0 Å². The third kappa shape index (κ3) is 5.76. The van der Waals surface area contributed by atoms with E-state index in [9.17, 15) is 13.2 Å². The van der Waals surface area contributed by atoms with E-state index in [4.69, 9.17) is 0 Å². The molecule has 0 unspecified atom stereocenters. The minimum atomic E-state index is -1.31. The Labute approximate surface area is 169 Å². The molecule has 0 aliphatic heterocycles. The topological polar surface area (TPSA) is 0 Å². The zero-order valence-electron chi connectivity index (χ0n) is 17.5. The average molecular weight is 395 g/mol. The summed E-state index contributed by atoms with van der Waals surface area (Å²) in [6, 6.07) is 2.51. The van der Waals surface area contributed by atoms with Crippen molar-refractivity contribution in [2.24, 2.45) is 17.8 Å². The number of rotatable bonds is 8. The Hall–Kier alpha value is -0.990. The fourth-order valence-corrected chi connectivity index (χ4v) is 5.58. The molecule has 0 bridgehead atoms. The summed E-state index contributed by atoms with van der Waals surface area (Å²) in [7, 11) is 0. The van der Waals surface area contributed by atoms with Gasteiger partial charge in [0.15, 0.2) is 17.5 Å². The molecule has 28 heavy (non-hydrogen) atoms. The highest BCUT2D eigenvalue weighted by Gasteiger charge is 2.27. The third-order valence-electron chi connectivity index (χ3n) is 7.52. The highest BCUT2D eigenvalue weighted by atomic mass is 19.2. The van der Waals surface area contributed by atoms with Crippen molar-refractivity contribution >= 4 is 0 Å². The smallest absolute Gasteiger partial charge is 0.194 e. The van der Waals surface area contributed by atoms with E-state index in [0.29, 0.717) is 5.56 Å². The number of hydrogen-bond donors (Lipinski definition) is 0. The van der Waals surface area contributed by atoms with Gasteiger partial charge in [0.2, 0.25) is 0 Å². The molecule has 2 aliphatic rings. The Morgan fingerprint density at radius 3 is 1.79 bits per heavy atom. The molecule has 3 rings (SSSR count). The van der Waals surface area contributed by atoms with Gasteiger partial charge in [-0.25, -0.2) is 13.2 Å². The van der Waals surface area contributed by atoms with Crippen LogP contribution in [0.3, 0.4) is 0 Å². The summed E-state index contributed by atoms with van der Waals surface area (Å²) in [4.78, 5) is 0. The van der Waals surface area contributed by atoms with Crippen LogP contribution in [0.4, 0.5) is 13.2 Å². The summed E-state index contributed by atoms with van der Waals surface area (Å²) in [5.41, 5.74) is 0.374. The molecule has 0 spiro atoms. The van der Waals surface area contributed by atoms with Crippen molar-refractivity contribution in [3.8, 4) is 0 Å². The Bertz CT molecular complexity index is 596. The zero-order valence-corrected chi connectivity index (χ0v) is 17.5. The Morgan fingerprint density at radius 1 is 0.679 bits per heavy atom. The van der Waals surface area contributed by atoms with Gasteiger partial charge in [-0.2, -0.15) is 0 Å². The number of benzene rings is 1. The summed E-state index contributed by atoms with van der Waals surface area (Å²) in [5, 5.41) is 0. The van der Waals surface area contributed by atoms with E-state index in [1.165, 1.54) is 70.3 Å². The fourth-order valence-electron chi connectivity index (χ4n) is 5.58. The monoisotopic (exact) mass is 394 g/mol. The lowest BCUT2D eigenvalue weighted by Crippen LogP contribution is -2.18. The van der Waals surface area contributed by atoms with Gasteiger partial charge in [-0.1, -0.05) is 77.2 Å². The van der Waals surface area contributed by atoms with E-state index < -0.39 is 17.5 Å². The SMILES string of the molecule is CCCCCC1CCC(CCC2CCC(c3ccc(F)c(F)c3F)CC2)CC1. The number of hydrogen-bond acceptors (Lipinski definition) is 0. The first kappa shape index (κ1) is 21.7. The highest BCUT2D eigenvalue weighted by Crippen LogP contribution is 2.41. The lowest BCUT2D eigenvalue weighted by atomic mass is 9.74. The lowest BCUT2D eigenvalue weighted by Gasteiger charge is -2.32. The normalized spacial score (nSPS) is 28.4. The molecule has 0 aromatic heterocycles. The van der Waals surface area contributed by atoms with Crippen LogP contribution in [0.15, 0.2) is 12.1 Å². The van der Waals surface area contributed by atoms with Crippen LogP contribution in [0.5, 0.6) is 0 Å². The quantitative estimate of drug-likeness (QED) is 0.306. The van der Waals surface area contributed by atoms with Crippen molar-refractivity contribution in [2.45, 2.75) is 103 Å². The second-order valence-corrected chi connectivity index (χ2v) is 9.44. The molecule has 0 N–H and O–H groups in total. The molecule has 0 saturated heterocycles. The van der Waals surface area contributed by atoms with E-state index in [2.05, 4.69) is 6.92 Å². The van der Waals surface area contributed by atoms with Crippen LogP contribution in [0.25, 0.3) is 0 Å². The molecular weight excluding hydrogens is 357 g/mol. The predicted octanol–water partition coefficient (Wildman–Crippen LogP) is 8.54. The Morgan fingerprint density at radius 2 is 1.21 bits per heavy atom. The molecule has 0 radical (unpaired) electrons. The van der Waals surface area contributed by atoms with Crippen molar-refractivity contribution in [1.82, 2.24) is 0 Å². The summed E-state index contributed by atoms with van der Waals surface area (Å²) in [5.74, 6) is -0.719. The van der Waals surface area contributed by atoms with Crippen LogP contribution in [0.2, 0.25) is 0 Å². The molecule has 0 atom stereocenters. The standard InChI is InChI=1S/C25H37F3/c1-2-3-4-5-18-6-8-19(9-7-18)10-11-20-12-14-21(15-13-20)22-16-17-23(26)25(28)24(22)27/h16-21H,2-15H2,1H3. The van der Waals surface area contributed by atoms with Gasteiger partial charge in [0.25, 0.3) is 0 Å². The molecule has 2 aliphatic carbocycles. The van der Waals surface area contributed by atoms with E-state index in [-0.39, 0.29) is 5.92 Å². The minimum Gasteiger partial charge on any atom is -0.204 e. The van der Waals surface area contributed by atoms with Crippen LogP contribution in [-0.2, 0) is 0 Å². The Balaban J connectivity index is 1.36. The summed E-state index contributed by atoms with van der Waals surface area (Å²) < 4.78 is 40.7. The summed E-state index contributed by atoms with van der Waals surface area (Å²) in [6.07, 6.45) is 17.8. The molecule has 0 amide bonds. The van der Waals surface area contributed by atoms with Crippen molar-refractivity contribution in [2.75, 3.05) is 0 Å². The van der Waals surface area contributed by atoms with Gasteiger partial charge in [0.1, 0.15) is 0 Å². The number of unbranched alkanes of at least 4 members (excludes halogenated alkanes) is 2. The van der Waals surface area contributed by atoms with Gasteiger partial charge in [0.05, 0.1) is 0 Å². The van der Waals surface area contributed by atoms with E-state index in [1.54, 1.807) is 0 Å². The minimum absolute atomic E-state index is 0.0462. The first-order valence-electron chi connectivity index (χ1n) is 11.7. The highest BCUT2D eigenvalue weighted by molar-refractivity contribution is 5.24. The van der Waals surface area contributed by atoms with Gasteiger partial charge in [-0.05, 0) is 61.0 Å². The maximum atomic E-state index is 14.0. The van der Waals surface area contributed by atoms with Gasteiger partial charge in [0, 0.05) is 0 Å². The third-order valence-corrected chi connectivity index (χ3v) is 7.52. The van der Waals surface area contributed by atoms with E-state index in [1.807, 2.05) is 0 Å².